The van der Waals surface area contributed by atoms with Crippen LogP contribution in [0.3, 0.4) is 0 Å². The summed E-state index contributed by atoms with van der Waals surface area (Å²) in [4.78, 5) is 41.2. The lowest BCUT2D eigenvalue weighted by Gasteiger charge is -2.06. The van der Waals surface area contributed by atoms with Gasteiger partial charge in [-0.3, -0.25) is 13.9 Å². The van der Waals surface area contributed by atoms with E-state index < -0.39 is 17.2 Å². The molecule has 0 atom stereocenters. The Morgan fingerprint density at radius 3 is 2.42 bits per heavy atom. The van der Waals surface area contributed by atoms with Crippen molar-refractivity contribution in [2.75, 3.05) is 5.43 Å². The van der Waals surface area contributed by atoms with Gasteiger partial charge in [0.25, 0.3) is 5.56 Å². The van der Waals surface area contributed by atoms with Gasteiger partial charge in [-0.15, -0.1) is 0 Å². The van der Waals surface area contributed by atoms with E-state index in [1.165, 1.54) is 11.6 Å². The van der Waals surface area contributed by atoms with Gasteiger partial charge in [-0.05, 0) is 57.9 Å². The highest BCUT2D eigenvalue weighted by Crippen LogP contribution is 2.19. The van der Waals surface area contributed by atoms with Crippen LogP contribution in [0.2, 0.25) is 0 Å². The van der Waals surface area contributed by atoms with Crippen molar-refractivity contribution >= 4 is 45.2 Å². The minimum atomic E-state index is -0.465. The van der Waals surface area contributed by atoms with Crippen molar-refractivity contribution in [3.63, 3.8) is 0 Å². The van der Waals surface area contributed by atoms with E-state index in [4.69, 9.17) is 4.74 Å². The molecule has 0 aliphatic heterocycles. The van der Waals surface area contributed by atoms with Gasteiger partial charge >= 0.3 is 11.7 Å². The number of rotatable bonds is 5. The Hall–Kier alpha value is -3.99. The van der Waals surface area contributed by atoms with E-state index in [2.05, 4.69) is 31.4 Å². The number of benzene rings is 2. The van der Waals surface area contributed by atoms with Gasteiger partial charge in [0, 0.05) is 25.6 Å². The molecule has 4 rings (SSSR count). The zero-order chi connectivity index (χ0) is 23.7. The fourth-order valence-corrected chi connectivity index (χ4v) is 3.64. The van der Waals surface area contributed by atoms with Crippen molar-refractivity contribution in [1.29, 1.82) is 0 Å². The molecule has 0 unspecified atom stereocenters. The molecule has 2 aromatic carbocycles. The molecule has 33 heavy (non-hydrogen) atoms. The predicted molar refractivity (Wildman–Crippen MR) is 128 cm³/mol. The van der Waals surface area contributed by atoms with Crippen LogP contribution in [0.25, 0.3) is 11.2 Å². The Morgan fingerprint density at radius 2 is 1.73 bits per heavy atom. The van der Waals surface area contributed by atoms with Gasteiger partial charge in [-0.25, -0.2) is 15.0 Å². The summed E-state index contributed by atoms with van der Waals surface area (Å²) in [7, 11) is 4.63. The number of fused-ring (bicyclic) bond motifs is 1. The Bertz CT molecular complexity index is 1520. The molecule has 0 saturated carbocycles. The molecule has 0 amide bonds. The first kappa shape index (κ1) is 22.2. The quantitative estimate of drug-likeness (QED) is 0.191. The minimum absolute atomic E-state index is 0.263. The Balaban J connectivity index is 1.48. The van der Waals surface area contributed by atoms with Crippen LogP contribution >= 0.6 is 15.9 Å². The van der Waals surface area contributed by atoms with Crippen LogP contribution in [-0.4, -0.2) is 30.9 Å². The first-order chi connectivity index (χ1) is 15.8. The molecule has 0 radical (unpaired) electrons. The molecular weight excluding hydrogens is 492 g/mol. The number of hydrogen-bond donors (Lipinski definition) is 1. The molecule has 0 spiro atoms. The van der Waals surface area contributed by atoms with E-state index in [0.29, 0.717) is 21.7 Å². The standard InChI is InChI=1S/C22H19BrN6O4/c1-27-17-18(28(2)22(32)29(3)19(17)30)25-21(27)26-24-12-13-8-10-14(11-9-13)33-20(31)15-6-4-5-7-16(15)23/h4-12H,1-3H3,(H,25,26). The fourth-order valence-electron chi connectivity index (χ4n) is 3.19. The van der Waals surface area contributed by atoms with Crippen molar-refractivity contribution in [2.45, 2.75) is 0 Å². The third-order valence-corrected chi connectivity index (χ3v) is 5.73. The van der Waals surface area contributed by atoms with E-state index in [-0.39, 0.29) is 11.2 Å². The molecule has 1 N–H and O–H groups in total. The van der Waals surface area contributed by atoms with Crippen LogP contribution in [0.1, 0.15) is 15.9 Å². The highest BCUT2D eigenvalue weighted by Gasteiger charge is 2.16. The van der Waals surface area contributed by atoms with Gasteiger partial charge < -0.3 is 9.30 Å². The van der Waals surface area contributed by atoms with E-state index in [1.54, 1.807) is 67.3 Å². The van der Waals surface area contributed by atoms with Gasteiger partial charge in [-0.1, -0.05) is 12.1 Å². The second kappa shape index (κ2) is 8.87. The second-order valence-electron chi connectivity index (χ2n) is 7.18. The number of imidazole rings is 1. The Morgan fingerprint density at radius 1 is 1.03 bits per heavy atom. The van der Waals surface area contributed by atoms with Gasteiger partial charge in [0.2, 0.25) is 5.95 Å². The van der Waals surface area contributed by atoms with Crippen LogP contribution in [0.4, 0.5) is 5.95 Å². The number of aromatic nitrogens is 4. The van der Waals surface area contributed by atoms with Gasteiger partial charge in [0.05, 0.1) is 11.8 Å². The van der Waals surface area contributed by atoms with Gasteiger partial charge in [-0.2, -0.15) is 10.1 Å². The molecule has 0 fully saturated rings. The highest BCUT2D eigenvalue weighted by atomic mass is 79.9. The molecule has 10 nitrogen and oxygen atoms in total. The smallest absolute Gasteiger partial charge is 0.344 e. The predicted octanol–water partition coefficient (Wildman–Crippen LogP) is 2.40. The SMILES string of the molecule is Cn1c(=O)c2c(nc(NN=Cc3ccc(OC(=O)c4ccccc4Br)cc3)n2C)n(C)c1=O. The minimum Gasteiger partial charge on any atom is -0.423 e. The number of carbonyl (C=O) groups is 1. The number of esters is 1. The third-order valence-electron chi connectivity index (χ3n) is 5.04. The number of nitrogens with one attached hydrogen (secondary N) is 1. The maximum absolute atomic E-state index is 12.4. The second-order valence-corrected chi connectivity index (χ2v) is 8.04. The molecule has 0 aliphatic carbocycles. The van der Waals surface area contributed by atoms with Crippen molar-refractivity contribution in [1.82, 2.24) is 18.7 Å². The molecule has 2 heterocycles. The summed E-state index contributed by atoms with van der Waals surface area (Å²) in [5, 5.41) is 4.15. The van der Waals surface area contributed by atoms with Gasteiger partial charge in [0.15, 0.2) is 11.2 Å². The largest absolute Gasteiger partial charge is 0.423 e. The number of anilines is 1. The van der Waals surface area contributed by atoms with Crippen LogP contribution in [0, 0.1) is 0 Å². The summed E-state index contributed by atoms with van der Waals surface area (Å²) in [5.41, 5.74) is 3.61. The van der Waals surface area contributed by atoms with Crippen molar-refractivity contribution in [3.8, 4) is 5.75 Å². The maximum atomic E-state index is 12.4. The summed E-state index contributed by atoms with van der Waals surface area (Å²) in [6.45, 7) is 0. The first-order valence-electron chi connectivity index (χ1n) is 9.76. The molecule has 0 aliphatic rings. The zero-order valence-electron chi connectivity index (χ0n) is 17.9. The number of aryl methyl sites for hydroxylation is 2. The summed E-state index contributed by atoms with van der Waals surface area (Å²) < 4.78 is 9.93. The molecule has 2 aromatic heterocycles. The number of carbonyl (C=O) groups excluding carboxylic acids is 1. The average Bonchev–Trinajstić information content (AvgIpc) is 3.14. The molecule has 0 saturated heterocycles. The molecule has 0 bridgehead atoms. The normalized spacial score (nSPS) is 11.3. The molecule has 168 valence electrons. The fraction of sp³-hybridized carbons (Fsp3) is 0.136. The summed E-state index contributed by atoms with van der Waals surface area (Å²) in [6, 6.07) is 13.8. The Kier molecular flexibility index (Phi) is 5.97. The summed E-state index contributed by atoms with van der Waals surface area (Å²) >= 11 is 3.33. The van der Waals surface area contributed by atoms with E-state index in [1.807, 2.05) is 6.07 Å². The maximum Gasteiger partial charge on any atom is 0.344 e. The first-order valence-corrected chi connectivity index (χ1v) is 10.6. The molecule has 4 aromatic rings. The highest BCUT2D eigenvalue weighted by molar-refractivity contribution is 9.10. The number of halogens is 1. The lowest BCUT2D eigenvalue weighted by atomic mass is 10.2. The van der Waals surface area contributed by atoms with E-state index >= 15 is 0 Å². The molecule has 11 heteroatoms. The number of hydrazone groups is 1. The average molecular weight is 511 g/mol. The van der Waals surface area contributed by atoms with Crippen LogP contribution in [-0.2, 0) is 21.1 Å². The number of ether oxygens (including phenoxy) is 1. The summed E-state index contributed by atoms with van der Waals surface area (Å²) in [5.74, 6) is 0.236. The van der Waals surface area contributed by atoms with Gasteiger partial charge in [0.1, 0.15) is 5.75 Å². The monoisotopic (exact) mass is 510 g/mol. The summed E-state index contributed by atoms with van der Waals surface area (Å²) in [6.07, 6.45) is 1.55. The van der Waals surface area contributed by atoms with Crippen molar-refractivity contribution in [2.24, 2.45) is 26.2 Å². The number of hydrogen-bond acceptors (Lipinski definition) is 7. The molecular formula is C22H19BrN6O4. The van der Waals surface area contributed by atoms with Crippen molar-refractivity contribution in [3.05, 3.63) is 85.0 Å². The topological polar surface area (TPSA) is 113 Å². The van der Waals surface area contributed by atoms with E-state index in [0.717, 1.165) is 10.1 Å². The van der Waals surface area contributed by atoms with E-state index in [9.17, 15) is 14.4 Å². The lowest BCUT2D eigenvalue weighted by Crippen LogP contribution is -2.37. The lowest BCUT2D eigenvalue weighted by molar-refractivity contribution is 0.0734. The van der Waals surface area contributed by atoms with Crippen LogP contribution in [0.15, 0.2) is 67.7 Å². The van der Waals surface area contributed by atoms with Crippen molar-refractivity contribution < 1.29 is 9.53 Å². The van der Waals surface area contributed by atoms with Crippen LogP contribution < -0.4 is 21.4 Å². The third kappa shape index (κ3) is 4.22. The number of nitrogens with zero attached hydrogens (tertiary/aromatic N) is 5. The Labute approximate surface area is 195 Å². The van der Waals surface area contributed by atoms with Crippen LogP contribution in [0.5, 0.6) is 5.75 Å². The zero-order valence-corrected chi connectivity index (χ0v) is 19.5.